The highest BCUT2D eigenvalue weighted by Gasteiger charge is 2.27. The minimum Gasteiger partial charge on any atom is -0.385 e. The van der Waals surface area contributed by atoms with Gasteiger partial charge in [0.05, 0.1) is 0 Å². The summed E-state index contributed by atoms with van der Waals surface area (Å²) < 4.78 is 4.96. The molecule has 2 nitrogen and oxygen atoms in total. The average Bonchev–Trinajstić information content (AvgIpc) is 2.86. The van der Waals surface area contributed by atoms with E-state index in [9.17, 15) is 0 Å². The molecule has 0 bridgehead atoms. The number of ether oxygens (including phenoxy) is 1. The lowest BCUT2D eigenvalue weighted by molar-refractivity contribution is 0.200. The fourth-order valence-corrected chi connectivity index (χ4v) is 2.22. The van der Waals surface area contributed by atoms with Crippen molar-refractivity contribution in [2.24, 2.45) is 11.7 Å². The van der Waals surface area contributed by atoms with E-state index >= 15 is 0 Å². The normalized spacial score (nSPS) is 19.5. The summed E-state index contributed by atoms with van der Waals surface area (Å²) in [6.45, 7) is 0.881. The van der Waals surface area contributed by atoms with Crippen molar-refractivity contribution >= 4 is 11.8 Å². The quantitative estimate of drug-likeness (QED) is 0.616. The van der Waals surface area contributed by atoms with E-state index < -0.39 is 0 Å². The van der Waals surface area contributed by atoms with Crippen LogP contribution in [-0.2, 0) is 4.74 Å². The first-order valence-corrected chi connectivity index (χ1v) is 5.82. The summed E-state index contributed by atoms with van der Waals surface area (Å²) in [7, 11) is 1.75. The molecular weight excluding hydrogens is 170 g/mol. The maximum Gasteiger partial charge on any atom is 0.0470 e. The lowest BCUT2D eigenvalue weighted by Gasteiger charge is -2.08. The molecule has 1 fully saturated rings. The second kappa shape index (κ2) is 5.84. The fraction of sp³-hybridized carbons (Fsp3) is 1.00. The third kappa shape index (κ3) is 4.33. The van der Waals surface area contributed by atoms with Gasteiger partial charge in [-0.1, -0.05) is 0 Å². The van der Waals surface area contributed by atoms with Gasteiger partial charge in [-0.25, -0.2) is 0 Å². The summed E-state index contributed by atoms with van der Waals surface area (Å²) in [4.78, 5) is 0. The van der Waals surface area contributed by atoms with Gasteiger partial charge in [-0.3, -0.25) is 0 Å². The van der Waals surface area contributed by atoms with Crippen LogP contribution in [-0.4, -0.2) is 31.3 Å². The van der Waals surface area contributed by atoms with Gasteiger partial charge in [0.25, 0.3) is 0 Å². The SMILES string of the molecule is COCCCSCC(N)C1CC1. The molecule has 0 saturated heterocycles. The van der Waals surface area contributed by atoms with Gasteiger partial charge in [0.2, 0.25) is 0 Å². The molecule has 12 heavy (non-hydrogen) atoms. The van der Waals surface area contributed by atoms with Crippen molar-refractivity contribution in [2.45, 2.75) is 25.3 Å². The molecular formula is C9H19NOS. The van der Waals surface area contributed by atoms with E-state index in [0.717, 1.165) is 24.7 Å². The summed E-state index contributed by atoms with van der Waals surface area (Å²) in [6.07, 6.45) is 3.87. The van der Waals surface area contributed by atoms with Crippen molar-refractivity contribution in [1.82, 2.24) is 0 Å². The van der Waals surface area contributed by atoms with E-state index in [0.29, 0.717) is 6.04 Å². The third-order valence-electron chi connectivity index (χ3n) is 2.17. The molecule has 1 unspecified atom stereocenters. The smallest absolute Gasteiger partial charge is 0.0470 e. The molecule has 72 valence electrons. The summed E-state index contributed by atoms with van der Waals surface area (Å²) >= 11 is 1.96. The molecule has 0 amide bonds. The number of rotatable bonds is 7. The fourth-order valence-electron chi connectivity index (χ4n) is 1.19. The number of hydrogen-bond donors (Lipinski definition) is 1. The molecule has 0 heterocycles. The Balaban J connectivity index is 1.81. The molecule has 0 spiro atoms. The molecule has 0 aromatic heterocycles. The summed E-state index contributed by atoms with van der Waals surface area (Å²) in [5.41, 5.74) is 5.94. The van der Waals surface area contributed by atoms with Crippen LogP contribution in [0.15, 0.2) is 0 Å². The van der Waals surface area contributed by atoms with E-state index in [1.165, 1.54) is 18.6 Å². The molecule has 1 saturated carbocycles. The monoisotopic (exact) mass is 189 g/mol. The second-order valence-electron chi connectivity index (χ2n) is 3.42. The van der Waals surface area contributed by atoms with Gasteiger partial charge < -0.3 is 10.5 Å². The Bertz CT molecular complexity index is 117. The van der Waals surface area contributed by atoms with Crippen molar-refractivity contribution in [3.05, 3.63) is 0 Å². The summed E-state index contributed by atoms with van der Waals surface area (Å²) in [5, 5.41) is 0. The molecule has 0 aromatic rings. The topological polar surface area (TPSA) is 35.2 Å². The Labute approximate surface area is 79.2 Å². The molecule has 2 N–H and O–H groups in total. The van der Waals surface area contributed by atoms with Crippen LogP contribution in [0.5, 0.6) is 0 Å². The Morgan fingerprint density at radius 2 is 2.33 bits per heavy atom. The Morgan fingerprint density at radius 1 is 1.58 bits per heavy atom. The standard InChI is InChI=1S/C9H19NOS/c1-11-5-2-6-12-7-9(10)8-3-4-8/h8-9H,2-7,10H2,1H3. The Kier molecular flexibility index (Phi) is 5.04. The van der Waals surface area contributed by atoms with Crippen LogP contribution in [0.4, 0.5) is 0 Å². The number of thioether (sulfide) groups is 1. The lowest BCUT2D eigenvalue weighted by Crippen LogP contribution is -2.25. The molecule has 1 aliphatic rings. The molecule has 1 rings (SSSR count). The zero-order valence-electron chi connectivity index (χ0n) is 7.79. The van der Waals surface area contributed by atoms with Gasteiger partial charge in [0.1, 0.15) is 0 Å². The Hall–Kier alpha value is 0.270. The summed E-state index contributed by atoms with van der Waals surface area (Å²) in [5.74, 6) is 3.17. The van der Waals surface area contributed by atoms with E-state index in [1.807, 2.05) is 11.8 Å². The van der Waals surface area contributed by atoms with Gasteiger partial charge in [-0.2, -0.15) is 11.8 Å². The first-order valence-electron chi connectivity index (χ1n) is 4.67. The first kappa shape index (κ1) is 10.4. The van der Waals surface area contributed by atoms with Crippen LogP contribution in [0.2, 0.25) is 0 Å². The maximum atomic E-state index is 5.94. The van der Waals surface area contributed by atoms with Crippen molar-refractivity contribution < 1.29 is 4.74 Å². The largest absolute Gasteiger partial charge is 0.385 e. The van der Waals surface area contributed by atoms with Gasteiger partial charge in [-0.05, 0) is 30.9 Å². The zero-order valence-corrected chi connectivity index (χ0v) is 8.61. The van der Waals surface area contributed by atoms with Crippen molar-refractivity contribution in [3.63, 3.8) is 0 Å². The highest BCUT2D eigenvalue weighted by Crippen LogP contribution is 2.32. The molecule has 0 aliphatic heterocycles. The van der Waals surface area contributed by atoms with Crippen molar-refractivity contribution in [2.75, 3.05) is 25.2 Å². The third-order valence-corrected chi connectivity index (χ3v) is 3.37. The van der Waals surface area contributed by atoms with Crippen LogP contribution in [0.1, 0.15) is 19.3 Å². The number of methoxy groups -OCH3 is 1. The maximum absolute atomic E-state index is 5.94. The number of hydrogen-bond acceptors (Lipinski definition) is 3. The highest BCUT2D eigenvalue weighted by molar-refractivity contribution is 7.99. The minimum absolute atomic E-state index is 0.456. The molecule has 1 atom stereocenters. The lowest BCUT2D eigenvalue weighted by atomic mass is 10.2. The molecule has 0 radical (unpaired) electrons. The van der Waals surface area contributed by atoms with E-state index in [2.05, 4.69) is 0 Å². The second-order valence-corrected chi connectivity index (χ2v) is 4.57. The van der Waals surface area contributed by atoms with Crippen LogP contribution in [0.3, 0.4) is 0 Å². The van der Waals surface area contributed by atoms with Crippen molar-refractivity contribution in [1.29, 1.82) is 0 Å². The molecule has 1 aliphatic carbocycles. The van der Waals surface area contributed by atoms with Crippen LogP contribution in [0, 0.1) is 5.92 Å². The Morgan fingerprint density at radius 3 is 2.92 bits per heavy atom. The number of nitrogens with two attached hydrogens (primary N) is 1. The van der Waals surface area contributed by atoms with Crippen molar-refractivity contribution in [3.8, 4) is 0 Å². The summed E-state index contributed by atoms with van der Waals surface area (Å²) in [6, 6.07) is 0.456. The average molecular weight is 189 g/mol. The molecule has 3 heteroatoms. The van der Waals surface area contributed by atoms with E-state index in [-0.39, 0.29) is 0 Å². The van der Waals surface area contributed by atoms with Crippen LogP contribution in [0.25, 0.3) is 0 Å². The predicted molar refractivity (Wildman–Crippen MR) is 54.5 cm³/mol. The van der Waals surface area contributed by atoms with Gasteiger partial charge in [0, 0.05) is 25.5 Å². The highest BCUT2D eigenvalue weighted by atomic mass is 32.2. The van der Waals surface area contributed by atoms with Gasteiger partial charge >= 0.3 is 0 Å². The first-order chi connectivity index (χ1) is 5.84. The van der Waals surface area contributed by atoms with Crippen LogP contribution >= 0.6 is 11.8 Å². The van der Waals surface area contributed by atoms with E-state index in [4.69, 9.17) is 10.5 Å². The zero-order chi connectivity index (χ0) is 8.81. The minimum atomic E-state index is 0.456. The predicted octanol–water partition coefficient (Wildman–Crippen LogP) is 1.49. The van der Waals surface area contributed by atoms with Gasteiger partial charge in [0.15, 0.2) is 0 Å². The van der Waals surface area contributed by atoms with Gasteiger partial charge in [-0.15, -0.1) is 0 Å². The van der Waals surface area contributed by atoms with Crippen LogP contribution < -0.4 is 5.73 Å². The van der Waals surface area contributed by atoms with E-state index in [1.54, 1.807) is 7.11 Å². The molecule has 0 aromatic carbocycles.